The number of rotatable bonds is 14. The summed E-state index contributed by atoms with van der Waals surface area (Å²) in [6.45, 7) is 2.70. The smallest absolute Gasteiger partial charge is 0.304 e. The van der Waals surface area contributed by atoms with Crippen LogP contribution in [0.15, 0.2) is 66.7 Å². The third kappa shape index (κ3) is 9.80. The average Bonchev–Trinajstić information content (AvgIpc) is 3.40. The Bertz CT molecular complexity index is 1760. The van der Waals surface area contributed by atoms with Gasteiger partial charge >= 0.3 is 5.97 Å². The Balaban J connectivity index is 1.07. The highest BCUT2D eigenvalue weighted by Crippen LogP contribution is 2.37. The largest absolute Gasteiger partial charge is 0.481 e. The maximum atomic E-state index is 13.2. The highest BCUT2D eigenvalue weighted by atomic mass is 79.9. The quantitative estimate of drug-likeness (QED) is 0.174. The van der Waals surface area contributed by atoms with Crippen molar-refractivity contribution in [1.82, 2.24) is 14.0 Å². The number of pyridine rings is 1. The van der Waals surface area contributed by atoms with Crippen LogP contribution in [0.3, 0.4) is 0 Å². The molecule has 0 saturated carbocycles. The molecule has 2 aliphatic rings. The fourth-order valence-electron chi connectivity index (χ4n) is 6.49. The summed E-state index contributed by atoms with van der Waals surface area (Å²) < 4.78 is 58.5. The van der Waals surface area contributed by atoms with Crippen LogP contribution < -0.4 is 9.62 Å². The van der Waals surface area contributed by atoms with Crippen molar-refractivity contribution in [2.24, 2.45) is 11.8 Å². The highest BCUT2D eigenvalue weighted by Gasteiger charge is 2.32. The molecule has 0 radical (unpaired) electrons. The molecule has 48 heavy (non-hydrogen) atoms. The Hall–Kier alpha value is -1.59. The normalized spacial score (nSPS) is 17.9. The van der Waals surface area contributed by atoms with Gasteiger partial charge in [0.25, 0.3) is 10.0 Å². The Morgan fingerprint density at radius 1 is 0.979 bits per heavy atom. The third-order valence-corrected chi connectivity index (χ3v) is 16.0. The van der Waals surface area contributed by atoms with Gasteiger partial charge in [-0.1, -0.05) is 61.2 Å². The lowest BCUT2D eigenvalue weighted by molar-refractivity contribution is -0.137. The fourth-order valence-corrected chi connectivity index (χ4v) is 12.4. The van der Waals surface area contributed by atoms with Crippen LogP contribution in [0.1, 0.15) is 56.9 Å². The minimum Gasteiger partial charge on any atom is -0.481 e. The summed E-state index contributed by atoms with van der Waals surface area (Å²) in [5, 5.41) is 9.37. The Labute approximate surface area is 308 Å². The maximum absolute atomic E-state index is 13.2. The van der Waals surface area contributed by atoms with Gasteiger partial charge in [-0.05, 0) is 93.5 Å². The monoisotopic (exact) mass is 864 g/mol. The van der Waals surface area contributed by atoms with Crippen molar-refractivity contribution in [1.29, 1.82) is 0 Å². The molecule has 3 aromatic rings. The van der Waals surface area contributed by atoms with Gasteiger partial charge in [-0.2, -0.15) is 4.31 Å². The lowest BCUT2D eigenvalue weighted by atomic mass is 9.87. The first-order valence-corrected chi connectivity index (χ1v) is 21.7. The number of halogens is 3. The molecular weight excluding hydrogens is 828 g/mol. The van der Waals surface area contributed by atoms with Gasteiger partial charge < -0.3 is 10.0 Å². The molecule has 0 bridgehead atoms. The number of anilines is 1. The van der Waals surface area contributed by atoms with E-state index in [1.165, 1.54) is 12.3 Å². The standard InChI is InChI=1S/C32H39Br2ClN4O6S3/c33-27-20-30(46-31(27)35)48(44,45)39-15-11-23(12-16-39)8-4-7-22-9-13-38(14-10-22)32-28(34)19-26(21-36-32)47(42,43)37-25(18-29(40)41)17-24-5-2-1-3-6-24/h1-3,5-6,19-23,25,37H,4,7-18H2,(H,40,41). The van der Waals surface area contributed by atoms with Gasteiger partial charge in [0, 0.05) is 42.9 Å². The summed E-state index contributed by atoms with van der Waals surface area (Å²) in [5.74, 6) is 0.734. The van der Waals surface area contributed by atoms with Crippen LogP contribution in [0.5, 0.6) is 0 Å². The van der Waals surface area contributed by atoms with Crippen molar-refractivity contribution >= 4 is 86.6 Å². The van der Waals surface area contributed by atoms with Gasteiger partial charge in [-0.3, -0.25) is 4.79 Å². The van der Waals surface area contributed by atoms with Crippen molar-refractivity contribution in [2.75, 3.05) is 31.1 Å². The van der Waals surface area contributed by atoms with Crippen molar-refractivity contribution in [2.45, 2.75) is 72.9 Å². The van der Waals surface area contributed by atoms with Crippen molar-refractivity contribution in [3.05, 3.63) is 67.5 Å². The number of benzene rings is 1. The number of sulfonamides is 2. The predicted molar refractivity (Wildman–Crippen MR) is 196 cm³/mol. The van der Waals surface area contributed by atoms with Gasteiger partial charge in [0.15, 0.2) is 0 Å². The first-order valence-electron chi connectivity index (χ1n) is 16.0. The molecule has 262 valence electrons. The van der Waals surface area contributed by atoms with E-state index in [2.05, 4.69) is 46.5 Å². The van der Waals surface area contributed by atoms with Crippen molar-refractivity contribution in [3.8, 4) is 0 Å². The molecule has 10 nitrogen and oxygen atoms in total. The minimum absolute atomic E-state index is 0.0242. The Morgan fingerprint density at radius 3 is 2.17 bits per heavy atom. The number of aliphatic carboxylic acids is 1. The van der Waals surface area contributed by atoms with E-state index in [0.29, 0.717) is 44.0 Å². The number of nitrogens with zero attached hydrogens (tertiary/aromatic N) is 3. The number of thiophene rings is 1. The number of aromatic nitrogens is 1. The van der Waals surface area contributed by atoms with Gasteiger partial charge in [-0.25, -0.2) is 26.5 Å². The lowest BCUT2D eigenvalue weighted by Crippen LogP contribution is -2.38. The summed E-state index contributed by atoms with van der Waals surface area (Å²) >= 11 is 14.0. The molecule has 1 atom stereocenters. The minimum atomic E-state index is -4.01. The highest BCUT2D eigenvalue weighted by molar-refractivity contribution is 9.11. The van der Waals surface area contributed by atoms with Crippen LogP contribution in [-0.2, 0) is 31.3 Å². The molecule has 0 spiro atoms. The van der Waals surface area contributed by atoms with Gasteiger partial charge in [-0.15, -0.1) is 11.3 Å². The van der Waals surface area contributed by atoms with E-state index in [0.717, 1.165) is 74.9 Å². The lowest BCUT2D eigenvalue weighted by Gasteiger charge is -2.34. The summed E-state index contributed by atoms with van der Waals surface area (Å²) in [6, 6.07) is 11.5. The number of hydrogen-bond acceptors (Lipinski definition) is 8. The molecular formula is C32H39Br2ClN4O6S3. The van der Waals surface area contributed by atoms with E-state index >= 15 is 0 Å². The molecule has 2 aromatic heterocycles. The summed E-state index contributed by atoms with van der Waals surface area (Å²) in [7, 11) is -7.52. The molecule has 1 unspecified atom stereocenters. The van der Waals surface area contributed by atoms with E-state index < -0.39 is 32.1 Å². The topological polar surface area (TPSA) is 137 Å². The Morgan fingerprint density at radius 2 is 1.60 bits per heavy atom. The number of carbonyl (C=O) groups is 1. The second-order valence-electron chi connectivity index (χ2n) is 12.5. The van der Waals surface area contributed by atoms with Crippen LogP contribution >= 0.6 is 54.8 Å². The molecule has 2 N–H and O–H groups in total. The SMILES string of the molecule is O=C(O)CC(Cc1ccccc1)NS(=O)(=O)c1cnc(N2CCC(CCCC3CCN(S(=O)(=O)c4cc(Br)c(Cl)s4)CC3)CC2)c(Br)c1. The van der Waals surface area contributed by atoms with Crippen LogP contribution in [0.4, 0.5) is 5.82 Å². The van der Waals surface area contributed by atoms with Crippen LogP contribution in [0, 0.1) is 11.8 Å². The molecule has 2 saturated heterocycles. The average molecular weight is 867 g/mol. The van der Waals surface area contributed by atoms with Gasteiger partial charge in [0.05, 0.1) is 10.9 Å². The van der Waals surface area contributed by atoms with Gasteiger partial charge in [0.2, 0.25) is 10.0 Å². The van der Waals surface area contributed by atoms with E-state index in [9.17, 15) is 26.7 Å². The zero-order valence-electron chi connectivity index (χ0n) is 26.2. The molecule has 2 aliphatic heterocycles. The van der Waals surface area contributed by atoms with Crippen LogP contribution in [0.25, 0.3) is 0 Å². The van der Waals surface area contributed by atoms with Crippen molar-refractivity contribution in [3.63, 3.8) is 0 Å². The molecule has 16 heteroatoms. The number of piperidine rings is 2. The fraction of sp³-hybridized carbons (Fsp3) is 0.500. The first-order chi connectivity index (χ1) is 22.8. The summed E-state index contributed by atoms with van der Waals surface area (Å²) in [4.78, 5) is 18.1. The second-order valence-corrected chi connectivity index (χ2v) is 19.7. The molecule has 5 rings (SSSR count). The van der Waals surface area contributed by atoms with Crippen LogP contribution in [0.2, 0.25) is 4.34 Å². The van der Waals surface area contributed by atoms with E-state index in [-0.39, 0.29) is 21.9 Å². The van der Waals surface area contributed by atoms with Crippen molar-refractivity contribution < 1.29 is 26.7 Å². The third-order valence-electron chi connectivity index (χ3n) is 9.10. The molecule has 0 amide bonds. The van der Waals surface area contributed by atoms with E-state index in [4.69, 9.17) is 11.6 Å². The number of carboxylic acid groups (broad SMARTS) is 1. The zero-order valence-corrected chi connectivity index (χ0v) is 32.6. The number of hydrogen-bond donors (Lipinski definition) is 2. The Kier molecular flexibility index (Phi) is 13.0. The number of carboxylic acids is 1. The molecule has 0 aliphatic carbocycles. The zero-order chi connectivity index (χ0) is 34.5. The number of nitrogens with one attached hydrogen (secondary N) is 1. The maximum Gasteiger partial charge on any atom is 0.304 e. The van der Waals surface area contributed by atoms with E-state index in [1.54, 1.807) is 10.4 Å². The first kappa shape index (κ1) is 37.7. The summed E-state index contributed by atoms with van der Waals surface area (Å²) in [6.07, 6.45) is 8.35. The molecule has 4 heterocycles. The second kappa shape index (κ2) is 16.6. The van der Waals surface area contributed by atoms with Crippen LogP contribution in [-0.4, -0.2) is 69.4 Å². The predicted octanol–water partition coefficient (Wildman–Crippen LogP) is 7.17. The summed E-state index contributed by atoms with van der Waals surface area (Å²) in [5.41, 5.74) is 0.841. The molecule has 1 aromatic carbocycles. The van der Waals surface area contributed by atoms with Gasteiger partial charge in [0.1, 0.15) is 19.3 Å². The molecule has 2 fully saturated rings. The van der Waals surface area contributed by atoms with E-state index in [1.807, 2.05) is 30.3 Å².